The topological polar surface area (TPSA) is 78.3 Å². The first-order valence-corrected chi connectivity index (χ1v) is 11.8. The van der Waals surface area contributed by atoms with Crippen LogP contribution in [0.25, 0.3) is 11.4 Å². The number of rotatable bonds is 10. The summed E-state index contributed by atoms with van der Waals surface area (Å²) in [5, 5.41) is 12.4. The molecule has 0 aliphatic carbocycles. The number of aromatic nitrogens is 3. The second-order valence-corrected chi connectivity index (χ2v) is 8.43. The first kappa shape index (κ1) is 23.4. The Hall–Kier alpha value is -3.78. The molecule has 174 valence electrons. The highest BCUT2D eigenvalue weighted by molar-refractivity contribution is 7.99. The van der Waals surface area contributed by atoms with Crippen LogP contribution < -0.4 is 14.8 Å². The predicted molar refractivity (Wildman–Crippen MR) is 135 cm³/mol. The number of methoxy groups -OCH3 is 2. The zero-order valence-corrected chi connectivity index (χ0v) is 19.9. The Morgan fingerprint density at radius 1 is 0.882 bits per heavy atom. The molecule has 0 radical (unpaired) electrons. The second-order valence-electron chi connectivity index (χ2n) is 7.49. The number of hydrogen-bond donors (Lipinski definition) is 1. The fraction of sp³-hybridized carbons (Fsp3) is 0.192. The number of anilines is 1. The molecule has 0 saturated carbocycles. The van der Waals surface area contributed by atoms with E-state index in [9.17, 15) is 4.79 Å². The molecule has 0 aliphatic rings. The van der Waals surface area contributed by atoms with Crippen molar-refractivity contribution >= 4 is 23.4 Å². The molecule has 7 nitrogen and oxygen atoms in total. The molecule has 3 aromatic carbocycles. The van der Waals surface area contributed by atoms with Crippen molar-refractivity contribution < 1.29 is 14.3 Å². The van der Waals surface area contributed by atoms with Gasteiger partial charge in [-0.3, -0.25) is 4.79 Å². The molecule has 0 spiro atoms. The summed E-state index contributed by atoms with van der Waals surface area (Å²) < 4.78 is 12.5. The van der Waals surface area contributed by atoms with Gasteiger partial charge in [0.1, 0.15) is 11.5 Å². The average molecular weight is 475 g/mol. The molecular formula is C26H26N4O3S. The van der Waals surface area contributed by atoms with E-state index in [-0.39, 0.29) is 11.7 Å². The summed E-state index contributed by atoms with van der Waals surface area (Å²) in [6, 6.07) is 25.3. The van der Waals surface area contributed by atoms with Gasteiger partial charge in [-0.25, -0.2) is 0 Å². The molecule has 4 aromatic rings. The van der Waals surface area contributed by atoms with Crippen LogP contribution in [0.5, 0.6) is 11.5 Å². The van der Waals surface area contributed by atoms with Gasteiger partial charge in [0.2, 0.25) is 5.91 Å². The van der Waals surface area contributed by atoms with Gasteiger partial charge in [-0.15, -0.1) is 10.2 Å². The first-order chi connectivity index (χ1) is 16.7. The number of amides is 1. The molecule has 8 heteroatoms. The molecule has 1 aromatic heterocycles. The van der Waals surface area contributed by atoms with Gasteiger partial charge in [0.15, 0.2) is 11.0 Å². The molecule has 1 N–H and O–H groups in total. The summed E-state index contributed by atoms with van der Waals surface area (Å²) >= 11 is 1.37. The Kier molecular flexibility index (Phi) is 7.83. The highest BCUT2D eigenvalue weighted by Crippen LogP contribution is 2.26. The molecule has 0 aliphatic heterocycles. The molecule has 34 heavy (non-hydrogen) atoms. The van der Waals surface area contributed by atoms with Gasteiger partial charge in [-0.05, 0) is 60.5 Å². The van der Waals surface area contributed by atoms with Crippen LogP contribution in [0.4, 0.5) is 5.69 Å². The minimum Gasteiger partial charge on any atom is -0.497 e. The number of carbonyl (C=O) groups excluding carboxylic acids is 1. The Balaban J connectivity index is 1.49. The summed E-state index contributed by atoms with van der Waals surface area (Å²) in [6.45, 7) is 0.695. The fourth-order valence-electron chi connectivity index (χ4n) is 3.44. The third kappa shape index (κ3) is 5.96. The van der Waals surface area contributed by atoms with Gasteiger partial charge in [0, 0.05) is 17.8 Å². The first-order valence-electron chi connectivity index (χ1n) is 10.8. The smallest absolute Gasteiger partial charge is 0.234 e. The number of hydrogen-bond acceptors (Lipinski definition) is 6. The van der Waals surface area contributed by atoms with Crippen molar-refractivity contribution in [1.29, 1.82) is 0 Å². The lowest BCUT2D eigenvalue weighted by Crippen LogP contribution is -2.15. The summed E-state index contributed by atoms with van der Waals surface area (Å²) in [6.07, 6.45) is 0.827. The number of aryl methyl sites for hydroxylation is 1. The third-order valence-corrected chi connectivity index (χ3v) is 6.20. The van der Waals surface area contributed by atoms with Crippen molar-refractivity contribution in [2.45, 2.75) is 18.1 Å². The van der Waals surface area contributed by atoms with Crippen LogP contribution in [0.15, 0.2) is 84.0 Å². The van der Waals surface area contributed by atoms with Gasteiger partial charge >= 0.3 is 0 Å². The lowest BCUT2D eigenvalue weighted by Gasteiger charge is -2.11. The fourth-order valence-corrected chi connectivity index (χ4v) is 4.20. The van der Waals surface area contributed by atoms with E-state index in [0.717, 1.165) is 35.0 Å². The average Bonchev–Trinajstić information content (AvgIpc) is 3.30. The normalized spacial score (nSPS) is 10.6. The lowest BCUT2D eigenvalue weighted by molar-refractivity contribution is -0.113. The molecule has 0 fully saturated rings. The summed E-state index contributed by atoms with van der Waals surface area (Å²) in [4.78, 5) is 12.5. The van der Waals surface area contributed by atoms with Crippen molar-refractivity contribution in [3.8, 4) is 22.9 Å². The van der Waals surface area contributed by atoms with Gasteiger partial charge in [0.05, 0.1) is 20.0 Å². The summed E-state index contributed by atoms with van der Waals surface area (Å²) in [5.41, 5.74) is 2.89. The molecule has 0 saturated heterocycles. The maximum Gasteiger partial charge on any atom is 0.234 e. The predicted octanol–water partition coefficient (Wildman–Crippen LogP) is 4.94. The number of benzene rings is 3. The number of ether oxygens (including phenoxy) is 2. The third-order valence-electron chi connectivity index (χ3n) is 5.24. The number of nitrogens with one attached hydrogen (secondary N) is 1. The van der Waals surface area contributed by atoms with Crippen molar-refractivity contribution in [2.75, 3.05) is 25.3 Å². The Labute approximate surface area is 203 Å². The minimum atomic E-state index is -0.112. The van der Waals surface area contributed by atoms with Crippen molar-refractivity contribution in [3.63, 3.8) is 0 Å². The van der Waals surface area contributed by atoms with Crippen LogP contribution in [0, 0.1) is 0 Å². The molecule has 4 rings (SSSR count). The van der Waals surface area contributed by atoms with E-state index in [1.165, 1.54) is 17.3 Å². The number of nitrogens with zero attached hydrogens (tertiary/aromatic N) is 3. The molecule has 1 heterocycles. The monoisotopic (exact) mass is 474 g/mol. The quantitative estimate of drug-likeness (QED) is 0.328. The minimum absolute atomic E-state index is 0.112. The summed E-state index contributed by atoms with van der Waals surface area (Å²) in [7, 11) is 3.25. The molecule has 0 atom stereocenters. The second kappa shape index (κ2) is 11.4. The maximum absolute atomic E-state index is 12.5. The van der Waals surface area contributed by atoms with Crippen LogP contribution in [-0.2, 0) is 17.8 Å². The molecule has 1 amide bonds. The lowest BCUT2D eigenvalue weighted by atomic mass is 10.1. The van der Waals surface area contributed by atoms with E-state index in [1.54, 1.807) is 14.2 Å². The van der Waals surface area contributed by atoms with E-state index >= 15 is 0 Å². The van der Waals surface area contributed by atoms with Crippen LogP contribution in [0.1, 0.15) is 5.56 Å². The van der Waals surface area contributed by atoms with E-state index in [4.69, 9.17) is 9.47 Å². The van der Waals surface area contributed by atoms with Crippen molar-refractivity contribution in [3.05, 3.63) is 84.4 Å². The highest BCUT2D eigenvalue weighted by atomic mass is 32.2. The SMILES string of the molecule is COc1ccc(NC(=O)CSc2nnc(-c3ccc(OC)cc3)n2CCc2ccccc2)cc1. The van der Waals surface area contributed by atoms with Crippen molar-refractivity contribution in [1.82, 2.24) is 14.8 Å². The molecule has 0 unspecified atom stereocenters. The van der Waals surface area contributed by atoms with Crippen LogP contribution in [-0.4, -0.2) is 40.6 Å². The van der Waals surface area contributed by atoms with Crippen LogP contribution in [0.3, 0.4) is 0 Å². The Morgan fingerprint density at radius 2 is 1.53 bits per heavy atom. The van der Waals surface area contributed by atoms with E-state index < -0.39 is 0 Å². The van der Waals surface area contributed by atoms with E-state index in [0.29, 0.717) is 11.7 Å². The van der Waals surface area contributed by atoms with Crippen LogP contribution >= 0.6 is 11.8 Å². The maximum atomic E-state index is 12.5. The molecular weight excluding hydrogens is 448 g/mol. The van der Waals surface area contributed by atoms with Crippen LogP contribution in [0.2, 0.25) is 0 Å². The van der Waals surface area contributed by atoms with Gasteiger partial charge in [0.25, 0.3) is 0 Å². The van der Waals surface area contributed by atoms with Gasteiger partial charge in [-0.1, -0.05) is 42.1 Å². The zero-order chi connectivity index (χ0) is 23.8. The van der Waals surface area contributed by atoms with Crippen molar-refractivity contribution in [2.24, 2.45) is 0 Å². The van der Waals surface area contributed by atoms with E-state index in [2.05, 4.69) is 32.2 Å². The number of carbonyl (C=O) groups is 1. The largest absolute Gasteiger partial charge is 0.497 e. The highest BCUT2D eigenvalue weighted by Gasteiger charge is 2.16. The Bertz CT molecular complexity index is 1210. The van der Waals surface area contributed by atoms with E-state index in [1.807, 2.05) is 66.7 Å². The zero-order valence-electron chi connectivity index (χ0n) is 19.1. The number of thioether (sulfide) groups is 1. The van der Waals surface area contributed by atoms with Gasteiger partial charge < -0.3 is 19.4 Å². The molecule has 0 bridgehead atoms. The standard InChI is InChI=1S/C26H26N4O3S/c1-32-22-12-8-20(9-13-22)25-28-29-26(30(25)17-16-19-6-4-3-5-7-19)34-18-24(31)27-21-10-14-23(33-2)15-11-21/h3-15H,16-18H2,1-2H3,(H,27,31). The Morgan fingerprint density at radius 3 is 2.18 bits per heavy atom. The van der Waals surface area contributed by atoms with Gasteiger partial charge in [-0.2, -0.15) is 0 Å². The summed E-state index contributed by atoms with van der Waals surface area (Å²) in [5.74, 6) is 2.39.